The zero-order valence-corrected chi connectivity index (χ0v) is 17.3. The summed E-state index contributed by atoms with van der Waals surface area (Å²) >= 11 is 3.40. The Balaban J connectivity index is 2.09. The largest absolute Gasteiger partial charge is 0.447 e. The highest BCUT2D eigenvalue weighted by Crippen LogP contribution is 2.27. The molecule has 0 bridgehead atoms. The van der Waals surface area contributed by atoms with Crippen LogP contribution >= 0.6 is 15.9 Å². The maximum atomic E-state index is 13.0. The van der Waals surface area contributed by atoms with Crippen molar-refractivity contribution in [3.8, 4) is 0 Å². The molecule has 0 aromatic heterocycles. The van der Waals surface area contributed by atoms with Gasteiger partial charge < -0.3 is 9.84 Å². The van der Waals surface area contributed by atoms with Crippen molar-refractivity contribution in [2.45, 2.75) is 44.8 Å². The zero-order valence-electron chi connectivity index (χ0n) is 15.7. The van der Waals surface area contributed by atoms with Gasteiger partial charge in [0.2, 0.25) is 5.91 Å². The number of cyclic esters (lactones) is 1. The number of allylic oxidation sites excluding steroid dienone is 1. The Morgan fingerprint density at radius 1 is 1.44 bits per heavy atom. The first kappa shape index (κ1) is 21.6. The number of carbonyl (C=O) groups is 2. The Kier molecular flexibility index (Phi) is 8.51. The van der Waals surface area contributed by atoms with E-state index in [2.05, 4.69) is 22.5 Å². The summed E-state index contributed by atoms with van der Waals surface area (Å²) in [5, 5.41) is 11.6. The Morgan fingerprint density at radius 3 is 2.78 bits per heavy atom. The van der Waals surface area contributed by atoms with Gasteiger partial charge in [-0.3, -0.25) is 4.79 Å². The van der Waals surface area contributed by atoms with E-state index in [0.717, 1.165) is 23.7 Å². The molecule has 0 spiro atoms. The van der Waals surface area contributed by atoms with Gasteiger partial charge in [0.05, 0.1) is 18.1 Å². The summed E-state index contributed by atoms with van der Waals surface area (Å²) < 4.78 is 5.14. The summed E-state index contributed by atoms with van der Waals surface area (Å²) in [6.45, 7) is 5.62. The highest BCUT2D eigenvalue weighted by atomic mass is 79.9. The van der Waals surface area contributed by atoms with E-state index < -0.39 is 18.1 Å². The van der Waals surface area contributed by atoms with Crippen molar-refractivity contribution in [3.63, 3.8) is 0 Å². The van der Waals surface area contributed by atoms with Crippen molar-refractivity contribution in [1.82, 2.24) is 4.90 Å². The highest BCUT2D eigenvalue weighted by molar-refractivity contribution is 9.09. The van der Waals surface area contributed by atoms with Gasteiger partial charge in [-0.05, 0) is 37.2 Å². The molecule has 0 radical (unpaired) electrons. The van der Waals surface area contributed by atoms with Crippen molar-refractivity contribution in [1.29, 1.82) is 0 Å². The molecule has 27 heavy (non-hydrogen) atoms. The molecule has 4 atom stereocenters. The van der Waals surface area contributed by atoms with E-state index in [0.29, 0.717) is 12.8 Å². The van der Waals surface area contributed by atoms with Crippen LogP contribution in [0.5, 0.6) is 0 Å². The first-order valence-electron chi connectivity index (χ1n) is 9.38. The van der Waals surface area contributed by atoms with E-state index in [9.17, 15) is 14.7 Å². The Morgan fingerprint density at radius 2 is 2.15 bits per heavy atom. The van der Waals surface area contributed by atoms with Crippen LogP contribution in [0.4, 0.5) is 4.79 Å². The smallest absolute Gasteiger partial charge is 0.416 e. The van der Waals surface area contributed by atoms with E-state index in [1.54, 1.807) is 13.0 Å². The number of nitrogens with zero attached hydrogens (tertiary/aromatic N) is 1. The lowest BCUT2D eigenvalue weighted by Gasteiger charge is -2.29. The average molecular weight is 438 g/mol. The van der Waals surface area contributed by atoms with Crippen molar-refractivity contribution >= 4 is 27.9 Å². The number of ether oxygens (including phenoxy) is 1. The minimum atomic E-state index is -0.833. The molecule has 0 unspecified atom stereocenters. The maximum absolute atomic E-state index is 13.0. The summed E-state index contributed by atoms with van der Waals surface area (Å²) in [6.07, 6.45) is 3.17. The van der Waals surface area contributed by atoms with Gasteiger partial charge in [0.15, 0.2) is 0 Å². The molecule has 2 rings (SSSR count). The topological polar surface area (TPSA) is 66.8 Å². The van der Waals surface area contributed by atoms with Crippen LogP contribution in [-0.4, -0.2) is 46.1 Å². The average Bonchev–Trinajstić information content (AvgIpc) is 3.04. The lowest BCUT2D eigenvalue weighted by molar-refractivity contribution is -0.137. The molecule has 1 aliphatic heterocycles. The number of rotatable bonds is 10. The molecule has 1 aromatic rings. The minimum absolute atomic E-state index is 0.0646. The molecule has 5 nitrogen and oxygen atoms in total. The number of amides is 2. The van der Waals surface area contributed by atoms with Gasteiger partial charge in [0.1, 0.15) is 6.61 Å². The first-order chi connectivity index (χ1) is 13.0. The van der Waals surface area contributed by atoms with Crippen molar-refractivity contribution < 1.29 is 19.4 Å². The van der Waals surface area contributed by atoms with Crippen LogP contribution in [0.2, 0.25) is 0 Å². The second-order valence-electron chi connectivity index (χ2n) is 7.02. The molecule has 1 heterocycles. The quantitative estimate of drug-likeness (QED) is 0.444. The molecule has 1 aliphatic rings. The van der Waals surface area contributed by atoms with Crippen LogP contribution in [0.1, 0.15) is 31.7 Å². The zero-order chi connectivity index (χ0) is 19.8. The maximum Gasteiger partial charge on any atom is 0.416 e. The van der Waals surface area contributed by atoms with Gasteiger partial charge in [0, 0.05) is 5.33 Å². The number of hydrogen-bond donors (Lipinski definition) is 1. The fraction of sp³-hybridized carbons (Fsp3) is 0.524. The highest BCUT2D eigenvalue weighted by Gasteiger charge is 2.42. The van der Waals surface area contributed by atoms with Crippen LogP contribution in [-0.2, 0) is 16.0 Å². The molecular formula is C21H28BrNO4. The number of hydrogen-bond acceptors (Lipinski definition) is 4. The van der Waals surface area contributed by atoms with E-state index >= 15 is 0 Å². The van der Waals surface area contributed by atoms with Gasteiger partial charge in [-0.2, -0.15) is 0 Å². The lowest BCUT2D eigenvalue weighted by Crippen LogP contribution is -2.47. The molecule has 0 aliphatic carbocycles. The molecule has 1 fully saturated rings. The lowest BCUT2D eigenvalue weighted by atomic mass is 9.85. The molecule has 2 amide bonds. The predicted molar refractivity (Wildman–Crippen MR) is 109 cm³/mol. The van der Waals surface area contributed by atoms with Crippen LogP contribution in [0.3, 0.4) is 0 Å². The molecular weight excluding hydrogens is 410 g/mol. The molecule has 148 valence electrons. The van der Waals surface area contributed by atoms with Crippen LogP contribution in [0.15, 0.2) is 43.0 Å². The third-order valence-corrected chi connectivity index (χ3v) is 5.64. The SMILES string of the molecule is C=CC[C@@H](CCCBr)[C@H](O)[C@@H](C)C(=O)N1C(=O)OC[C@H]1Cc1ccccc1. The van der Waals surface area contributed by atoms with E-state index in [4.69, 9.17) is 4.74 Å². The molecule has 1 saturated heterocycles. The summed E-state index contributed by atoms with van der Waals surface area (Å²) in [4.78, 5) is 26.4. The van der Waals surface area contributed by atoms with Crippen molar-refractivity contribution in [2.24, 2.45) is 11.8 Å². The van der Waals surface area contributed by atoms with Gasteiger partial charge >= 0.3 is 6.09 Å². The second-order valence-corrected chi connectivity index (χ2v) is 7.82. The number of benzene rings is 1. The third-order valence-electron chi connectivity index (χ3n) is 5.08. The summed E-state index contributed by atoms with van der Waals surface area (Å²) in [5.41, 5.74) is 1.04. The van der Waals surface area contributed by atoms with Crippen molar-refractivity contribution in [2.75, 3.05) is 11.9 Å². The van der Waals surface area contributed by atoms with Gasteiger partial charge in [-0.1, -0.05) is 59.3 Å². The van der Waals surface area contributed by atoms with Gasteiger partial charge in [0.25, 0.3) is 0 Å². The molecule has 6 heteroatoms. The second kappa shape index (κ2) is 10.6. The predicted octanol–water partition coefficient (Wildman–Crippen LogP) is 3.94. The molecule has 0 saturated carbocycles. The summed E-state index contributed by atoms with van der Waals surface area (Å²) in [5.74, 6) is -1.13. The summed E-state index contributed by atoms with van der Waals surface area (Å²) in [6, 6.07) is 9.36. The van der Waals surface area contributed by atoms with Crippen LogP contribution in [0.25, 0.3) is 0 Å². The number of imide groups is 1. The van der Waals surface area contributed by atoms with Crippen LogP contribution < -0.4 is 0 Å². The number of carbonyl (C=O) groups excluding carboxylic acids is 2. The Bertz CT molecular complexity index is 636. The molecule has 1 aromatic carbocycles. The number of aliphatic hydroxyl groups excluding tert-OH is 1. The number of alkyl halides is 1. The standard InChI is InChI=1S/C21H28BrNO4/c1-3-8-17(11-7-12-22)19(24)15(2)20(25)23-18(14-27-21(23)26)13-16-9-5-4-6-10-16/h3-6,9-10,15,17-19,24H,1,7-8,11-14H2,2H3/t15-,17+,18-,19-/m1/s1. The first-order valence-corrected chi connectivity index (χ1v) is 10.5. The van der Waals surface area contributed by atoms with Gasteiger partial charge in [-0.15, -0.1) is 6.58 Å². The van der Waals surface area contributed by atoms with E-state index in [1.807, 2.05) is 30.3 Å². The Labute approximate surface area is 169 Å². The number of halogens is 1. The summed E-state index contributed by atoms with van der Waals surface area (Å²) in [7, 11) is 0. The normalized spacial score (nSPS) is 20.0. The van der Waals surface area contributed by atoms with E-state index in [-0.39, 0.29) is 24.5 Å². The van der Waals surface area contributed by atoms with Crippen LogP contribution in [0, 0.1) is 11.8 Å². The monoisotopic (exact) mass is 437 g/mol. The Hall–Kier alpha value is -1.66. The number of aliphatic hydroxyl groups is 1. The minimum Gasteiger partial charge on any atom is -0.447 e. The molecule has 1 N–H and O–H groups in total. The third kappa shape index (κ3) is 5.66. The fourth-order valence-corrected chi connectivity index (χ4v) is 3.85. The fourth-order valence-electron chi connectivity index (χ4n) is 3.52. The van der Waals surface area contributed by atoms with Gasteiger partial charge in [-0.25, -0.2) is 9.69 Å². The van der Waals surface area contributed by atoms with E-state index in [1.165, 1.54) is 4.90 Å². The van der Waals surface area contributed by atoms with Crippen molar-refractivity contribution in [3.05, 3.63) is 48.6 Å².